The number of carbonyl (C=O) groups excluding carboxylic acids is 1. The minimum atomic E-state index is -5.23. The largest absolute Gasteiger partial charge is 0.475 e. The molecule has 23 heteroatoms. The average molecular weight is 1310 g/mol. The number of esters is 1. The molecular formula is C67H72O19P4. The van der Waals surface area contributed by atoms with E-state index in [1.165, 1.54) is 7.11 Å². The monoisotopic (exact) mass is 1300 g/mol. The van der Waals surface area contributed by atoms with Crippen LogP contribution in [0.1, 0.15) is 64.3 Å². The van der Waals surface area contributed by atoms with Crippen LogP contribution in [-0.4, -0.2) is 49.7 Å². The summed E-state index contributed by atoms with van der Waals surface area (Å²) in [5, 5.41) is 0. The summed E-state index contributed by atoms with van der Waals surface area (Å²) in [6.45, 7) is -1.33. The van der Waals surface area contributed by atoms with Crippen molar-refractivity contribution in [1.29, 1.82) is 0 Å². The van der Waals surface area contributed by atoms with Crippen LogP contribution in [0.2, 0.25) is 0 Å². The van der Waals surface area contributed by atoms with E-state index in [4.69, 9.17) is 63.8 Å². The first kappa shape index (κ1) is 68.0. The van der Waals surface area contributed by atoms with Crippen molar-refractivity contribution in [3.05, 3.63) is 287 Å². The minimum absolute atomic E-state index is 0.198. The number of methoxy groups -OCH3 is 1. The fourth-order valence-electron chi connectivity index (χ4n) is 9.23. The third-order valence-corrected chi connectivity index (χ3v) is 19.4. The van der Waals surface area contributed by atoms with Gasteiger partial charge in [0.2, 0.25) is 0 Å². The van der Waals surface area contributed by atoms with E-state index >= 15 is 18.3 Å². The number of rotatable bonds is 36. The zero-order valence-electron chi connectivity index (χ0n) is 49.7. The fraction of sp³-hybridized carbons (Fsp3) is 0.269. The predicted octanol–water partition coefficient (Wildman–Crippen LogP) is 16.4. The fourth-order valence-corrected chi connectivity index (χ4v) is 14.6. The van der Waals surface area contributed by atoms with Gasteiger partial charge >= 0.3 is 37.3 Å². The number of hydrogen-bond acceptors (Lipinski definition) is 19. The van der Waals surface area contributed by atoms with Gasteiger partial charge in [-0.25, -0.2) is 18.3 Å². The lowest BCUT2D eigenvalue weighted by Crippen LogP contribution is -2.67. The lowest BCUT2D eigenvalue weighted by molar-refractivity contribution is -0.230. The summed E-state index contributed by atoms with van der Waals surface area (Å²) in [6.07, 6.45) is -12.4. The van der Waals surface area contributed by atoms with Gasteiger partial charge in [0.25, 0.3) is 0 Å². The number of phosphoric acid groups is 4. The highest BCUT2D eigenvalue weighted by Gasteiger charge is 2.63. The third-order valence-electron chi connectivity index (χ3n) is 13.8. The molecular weight excluding hydrogens is 1230 g/mol. The van der Waals surface area contributed by atoms with E-state index in [0.29, 0.717) is 44.5 Å². The Hall–Kier alpha value is -6.37. The molecule has 0 aromatic heterocycles. The van der Waals surface area contributed by atoms with Crippen LogP contribution in [-0.2, 0) is 140 Å². The van der Waals surface area contributed by atoms with Crippen molar-refractivity contribution < 1.29 is 86.8 Å². The molecule has 0 bridgehead atoms. The minimum Gasteiger partial charge on any atom is -0.457 e. The Kier molecular flexibility index (Phi) is 25.9. The maximum Gasteiger partial charge on any atom is 0.475 e. The molecule has 0 heterocycles. The topological polar surface area (TPSA) is 215 Å². The van der Waals surface area contributed by atoms with Crippen LogP contribution in [0.3, 0.4) is 0 Å². The molecule has 0 radical (unpaired) electrons. The summed E-state index contributed by atoms with van der Waals surface area (Å²) in [4.78, 5) is 14.4. The Labute approximate surface area is 525 Å². The van der Waals surface area contributed by atoms with Gasteiger partial charge in [0, 0.05) is 13.5 Å². The van der Waals surface area contributed by atoms with E-state index in [1.807, 2.05) is 0 Å². The quantitative estimate of drug-likeness (QED) is 0.0264. The van der Waals surface area contributed by atoms with Gasteiger partial charge in [-0.1, -0.05) is 250 Å². The standard InChI is InChI=1S/C67H72O19P4/c1-3-28-61(68)82-63-62(73-2)64(83-87(69,74-45-53-29-12-4-13-30-53)75-46-54-31-14-5-15-32-54)66(85-89(71,78-49-57-37-20-8-21-38-57)79-50-58-39-22-9-23-40-58)67(86-90(72,80-51-59-41-24-10-25-42-59)81-52-60-43-26-11-27-44-60)65(63)84-88(70,76-47-55-33-16-6-17-34-55)77-48-56-35-18-7-19-36-56/h4-27,29-44,62-67H,3,28,45-52H2,1-2H3/t62-,63+,64-,65-,66+,67+/m0/s1. The molecule has 6 atom stereocenters. The van der Waals surface area contributed by atoms with Gasteiger partial charge in [-0.2, -0.15) is 0 Å². The zero-order chi connectivity index (χ0) is 62.9. The zero-order valence-corrected chi connectivity index (χ0v) is 53.3. The van der Waals surface area contributed by atoms with Crippen LogP contribution in [0.4, 0.5) is 0 Å². The van der Waals surface area contributed by atoms with E-state index in [1.54, 1.807) is 250 Å². The maximum atomic E-state index is 16.3. The Morgan fingerprint density at radius 2 is 0.467 bits per heavy atom. The Morgan fingerprint density at radius 3 is 0.644 bits per heavy atom. The maximum absolute atomic E-state index is 16.3. The number of ether oxygens (including phenoxy) is 2. The molecule has 0 unspecified atom stereocenters. The molecule has 1 aliphatic carbocycles. The van der Waals surface area contributed by atoms with Gasteiger partial charge in [-0.05, 0) is 50.9 Å². The Balaban J connectivity index is 1.26. The summed E-state index contributed by atoms with van der Waals surface area (Å²) >= 11 is 0. The van der Waals surface area contributed by atoms with E-state index in [2.05, 4.69) is 0 Å². The van der Waals surface area contributed by atoms with Gasteiger partial charge < -0.3 is 9.47 Å². The number of benzene rings is 8. The molecule has 1 fully saturated rings. The molecule has 19 nitrogen and oxygen atoms in total. The second-order valence-corrected chi connectivity index (χ2v) is 27.0. The molecule has 8 aromatic carbocycles. The lowest BCUT2D eigenvalue weighted by atomic mass is 9.84. The van der Waals surface area contributed by atoms with Crippen LogP contribution in [0.5, 0.6) is 0 Å². The van der Waals surface area contributed by atoms with Crippen molar-refractivity contribution in [3.63, 3.8) is 0 Å². The first-order valence-corrected chi connectivity index (χ1v) is 35.0. The highest BCUT2D eigenvalue weighted by atomic mass is 31.2. The average Bonchev–Trinajstić information content (AvgIpc) is 0.807. The predicted molar refractivity (Wildman–Crippen MR) is 335 cm³/mol. The summed E-state index contributed by atoms with van der Waals surface area (Å²) in [6, 6.07) is 69.8. The van der Waals surface area contributed by atoms with Gasteiger partial charge in [-0.3, -0.25) is 59.1 Å². The first-order chi connectivity index (χ1) is 43.8. The van der Waals surface area contributed by atoms with Crippen LogP contribution >= 0.6 is 31.3 Å². The van der Waals surface area contributed by atoms with Crippen LogP contribution in [0.15, 0.2) is 243 Å². The molecule has 0 amide bonds. The molecule has 0 spiro atoms. The second kappa shape index (κ2) is 34.3. The Bertz CT molecular complexity index is 3400. The van der Waals surface area contributed by atoms with Gasteiger partial charge in [0.15, 0.2) is 6.10 Å². The molecule has 474 valence electrons. The molecule has 1 aliphatic rings. The van der Waals surface area contributed by atoms with Gasteiger partial charge in [0.05, 0.1) is 52.9 Å². The summed E-state index contributed by atoms with van der Waals surface area (Å²) in [7, 11) is -19.5. The highest BCUT2D eigenvalue weighted by molar-refractivity contribution is 7.49. The van der Waals surface area contributed by atoms with Crippen LogP contribution in [0, 0.1) is 0 Å². The molecule has 0 saturated heterocycles. The van der Waals surface area contributed by atoms with E-state index in [9.17, 15) is 4.79 Å². The second-order valence-electron chi connectivity index (χ2n) is 20.5. The van der Waals surface area contributed by atoms with Crippen molar-refractivity contribution in [2.75, 3.05) is 7.11 Å². The molecule has 0 aliphatic heterocycles. The molecule has 0 N–H and O–H groups in total. The van der Waals surface area contributed by atoms with E-state index in [0.717, 1.165) is 0 Å². The van der Waals surface area contributed by atoms with Gasteiger partial charge in [0.1, 0.15) is 30.5 Å². The van der Waals surface area contributed by atoms with Crippen molar-refractivity contribution >= 4 is 37.3 Å². The molecule has 8 aromatic rings. The number of phosphoric ester groups is 4. The highest BCUT2D eigenvalue weighted by Crippen LogP contribution is 2.63. The normalized spacial score (nSPS) is 18.0. The van der Waals surface area contributed by atoms with Crippen LogP contribution in [0.25, 0.3) is 0 Å². The SMILES string of the molecule is CCCC(=O)O[C@@H]1[C@H](OC)[C@H](OP(=O)(OCc2ccccc2)OCc2ccccc2)[C@@H](OP(=O)(OCc2ccccc2)OCc2ccccc2)[C@H](OP(=O)(OCc2ccccc2)OCc2ccccc2)[C@H]1OP(=O)(OCc1ccccc1)OCc1ccccc1. The van der Waals surface area contributed by atoms with Crippen molar-refractivity contribution in [1.82, 2.24) is 0 Å². The van der Waals surface area contributed by atoms with Crippen molar-refractivity contribution in [2.24, 2.45) is 0 Å². The number of carbonyl (C=O) groups is 1. The smallest absolute Gasteiger partial charge is 0.457 e. The summed E-state index contributed by atoms with van der Waals surface area (Å²) in [5.41, 5.74) is 4.28. The summed E-state index contributed by atoms with van der Waals surface area (Å²) in [5.74, 6) is -0.851. The van der Waals surface area contributed by atoms with Gasteiger partial charge in [-0.15, -0.1) is 0 Å². The molecule has 9 rings (SSSR count). The lowest BCUT2D eigenvalue weighted by Gasteiger charge is -2.49. The van der Waals surface area contributed by atoms with Crippen molar-refractivity contribution in [2.45, 2.75) is 109 Å². The van der Waals surface area contributed by atoms with E-state index in [-0.39, 0.29) is 39.3 Å². The summed E-state index contributed by atoms with van der Waals surface area (Å²) < 4.78 is 155. The first-order valence-electron chi connectivity index (χ1n) is 29.1. The Morgan fingerprint density at radius 1 is 0.289 bits per heavy atom. The van der Waals surface area contributed by atoms with E-state index < -0.39 is 100 Å². The molecule has 90 heavy (non-hydrogen) atoms. The number of hydrogen-bond donors (Lipinski definition) is 0. The van der Waals surface area contributed by atoms with Crippen LogP contribution < -0.4 is 0 Å². The van der Waals surface area contributed by atoms with Crippen molar-refractivity contribution in [3.8, 4) is 0 Å². The molecule has 1 saturated carbocycles. The third kappa shape index (κ3) is 21.1.